The third-order valence-electron chi connectivity index (χ3n) is 5.45. The molecule has 2 saturated heterocycles. The summed E-state index contributed by atoms with van der Waals surface area (Å²) in [5, 5.41) is 1.08. The molecule has 2 fully saturated rings. The number of hydrogen-bond donors (Lipinski definition) is 0. The largest absolute Gasteiger partial charge is 0.496 e. The van der Waals surface area contributed by atoms with Crippen molar-refractivity contribution in [3.63, 3.8) is 0 Å². The van der Waals surface area contributed by atoms with Crippen LogP contribution in [0.4, 0.5) is 5.13 Å². The number of hydrogen-bond acceptors (Lipinski definition) is 7. The first-order chi connectivity index (χ1) is 13.7. The third-order valence-corrected chi connectivity index (χ3v) is 6.49. The van der Waals surface area contributed by atoms with Gasteiger partial charge < -0.3 is 14.4 Å². The van der Waals surface area contributed by atoms with Gasteiger partial charge in [-0.05, 0) is 31.5 Å². The lowest BCUT2D eigenvalue weighted by atomic mass is 9.89. The van der Waals surface area contributed by atoms with Gasteiger partial charge in [0.1, 0.15) is 5.75 Å². The van der Waals surface area contributed by atoms with E-state index in [1.807, 2.05) is 30.5 Å². The molecule has 0 spiro atoms. The molecular weight excluding hydrogens is 374 g/mol. The highest BCUT2D eigenvalue weighted by Gasteiger charge is 2.28. The number of Topliss-reactive ketones (excluding diaryl/α,β-unsaturated/α-hetero) is 1. The molecule has 2 aliphatic rings. The monoisotopic (exact) mass is 401 g/mol. The Bertz CT molecular complexity index is 804. The number of piperidine rings is 1. The first-order valence-corrected chi connectivity index (χ1v) is 10.7. The van der Waals surface area contributed by atoms with Crippen LogP contribution < -0.4 is 9.64 Å². The number of thiazole rings is 1. The highest BCUT2D eigenvalue weighted by atomic mass is 32.1. The van der Waals surface area contributed by atoms with Gasteiger partial charge in [0.15, 0.2) is 10.9 Å². The van der Waals surface area contributed by atoms with E-state index in [0.717, 1.165) is 63.9 Å². The van der Waals surface area contributed by atoms with Crippen LogP contribution in [0, 0.1) is 5.92 Å². The summed E-state index contributed by atoms with van der Waals surface area (Å²) in [6, 6.07) is 7.54. The van der Waals surface area contributed by atoms with E-state index >= 15 is 0 Å². The van der Waals surface area contributed by atoms with Gasteiger partial charge in [-0.3, -0.25) is 9.69 Å². The molecule has 0 N–H and O–H groups in total. The predicted octanol–water partition coefficient (Wildman–Crippen LogP) is 3.08. The zero-order valence-electron chi connectivity index (χ0n) is 16.3. The molecule has 1 atom stereocenters. The number of morpholine rings is 1. The lowest BCUT2D eigenvalue weighted by Gasteiger charge is -2.31. The molecule has 0 aliphatic carbocycles. The molecule has 0 bridgehead atoms. The first-order valence-electron chi connectivity index (χ1n) is 9.91. The van der Waals surface area contributed by atoms with Gasteiger partial charge >= 0.3 is 0 Å². The Morgan fingerprint density at radius 1 is 1.29 bits per heavy atom. The molecule has 2 aliphatic heterocycles. The number of methoxy groups -OCH3 is 1. The number of rotatable bonds is 6. The Hall–Kier alpha value is -1.96. The van der Waals surface area contributed by atoms with Crippen LogP contribution >= 0.6 is 11.3 Å². The van der Waals surface area contributed by atoms with Crippen molar-refractivity contribution in [1.82, 2.24) is 9.88 Å². The molecule has 3 heterocycles. The van der Waals surface area contributed by atoms with Crippen molar-refractivity contribution < 1.29 is 14.3 Å². The molecule has 1 aromatic carbocycles. The zero-order chi connectivity index (χ0) is 19.3. The summed E-state index contributed by atoms with van der Waals surface area (Å²) < 4.78 is 10.8. The Morgan fingerprint density at radius 2 is 2.11 bits per heavy atom. The number of aromatic nitrogens is 1. The van der Waals surface area contributed by atoms with E-state index in [-0.39, 0.29) is 11.7 Å². The van der Waals surface area contributed by atoms with Crippen molar-refractivity contribution in [2.45, 2.75) is 19.4 Å². The van der Waals surface area contributed by atoms with E-state index in [1.54, 1.807) is 18.4 Å². The van der Waals surface area contributed by atoms with Crippen LogP contribution in [-0.4, -0.2) is 62.2 Å². The van der Waals surface area contributed by atoms with Crippen LogP contribution in [0.2, 0.25) is 0 Å². The molecule has 0 unspecified atom stereocenters. The van der Waals surface area contributed by atoms with E-state index in [1.165, 1.54) is 4.88 Å². The molecule has 0 amide bonds. The summed E-state index contributed by atoms with van der Waals surface area (Å²) in [5.74, 6) is 0.888. The quantitative estimate of drug-likeness (QED) is 0.694. The van der Waals surface area contributed by atoms with E-state index in [4.69, 9.17) is 9.47 Å². The van der Waals surface area contributed by atoms with E-state index in [0.29, 0.717) is 11.3 Å². The second kappa shape index (κ2) is 9.03. The lowest BCUT2D eigenvalue weighted by Crippen LogP contribution is -2.38. The fourth-order valence-electron chi connectivity index (χ4n) is 3.97. The maximum atomic E-state index is 13.1. The molecule has 1 aromatic heterocycles. The minimum absolute atomic E-state index is 0.0247. The molecule has 4 rings (SSSR count). The van der Waals surface area contributed by atoms with Gasteiger partial charge in [0.05, 0.1) is 25.9 Å². The number of para-hydroxylation sites is 1. The van der Waals surface area contributed by atoms with Gasteiger partial charge in [-0.15, -0.1) is 11.3 Å². The summed E-state index contributed by atoms with van der Waals surface area (Å²) in [4.78, 5) is 23.6. The number of carbonyl (C=O) groups is 1. The molecule has 0 saturated carbocycles. The summed E-state index contributed by atoms with van der Waals surface area (Å²) >= 11 is 1.76. The number of likely N-dealkylation sites (tertiary alicyclic amines) is 1. The average molecular weight is 402 g/mol. The van der Waals surface area contributed by atoms with E-state index in [2.05, 4.69) is 14.8 Å². The van der Waals surface area contributed by atoms with Crippen molar-refractivity contribution in [1.29, 1.82) is 0 Å². The Morgan fingerprint density at radius 3 is 2.93 bits per heavy atom. The Labute approximate surface area is 170 Å². The Kier molecular flexibility index (Phi) is 6.24. The number of benzene rings is 1. The minimum atomic E-state index is 0.0247. The molecule has 2 aromatic rings. The van der Waals surface area contributed by atoms with Crippen LogP contribution in [0.25, 0.3) is 0 Å². The molecule has 7 heteroatoms. The summed E-state index contributed by atoms with van der Waals surface area (Å²) in [6.45, 7) is 6.04. The number of anilines is 1. The molecule has 6 nitrogen and oxygen atoms in total. The van der Waals surface area contributed by atoms with Gasteiger partial charge in [0.2, 0.25) is 0 Å². The maximum Gasteiger partial charge on any atom is 0.185 e. The van der Waals surface area contributed by atoms with Crippen LogP contribution in [-0.2, 0) is 11.3 Å². The minimum Gasteiger partial charge on any atom is -0.496 e. The van der Waals surface area contributed by atoms with Gasteiger partial charge in [-0.1, -0.05) is 12.1 Å². The van der Waals surface area contributed by atoms with E-state index < -0.39 is 0 Å². The summed E-state index contributed by atoms with van der Waals surface area (Å²) in [5.41, 5.74) is 0.698. The molecule has 0 radical (unpaired) electrons. The van der Waals surface area contributed by atoms with Crippen molar-refractivity contribution >= 4 is 22.3 Å². The average Bonchev–Trinajstić information content (AvgIpc) is 3.22. The van der Waals surface area contributed by atoms with Gasteiger partial charge in [-0.2, -0.15) is 0 Å². The normalized spacial score (nSPS) is 20.9. The van der Waals surface area contributed by atoms with Crippen LogP contribution in [0.1, 0.15) is 28.1 Å². The van der Waals surface area contributed by atoms with Gasteiger partial charge in [-0.25, -0.2) is 4.98 Å². The topological polar surface area (TPSA) is 54.9 Å². The summed E-state index contributed by atoms with van der Waals surface area (Å²) in [7, 11) is 1.62. The second-order valence-corrected chi connectivity index (χ2v) is 8.44. The highest BCUT2D eigenvalue weighted by Crippen LogP contribution is 2.29. The summed E-state index contributed by atoms with van der Waals surface area (Å²) in [6.07, 6.45) is 3.97. The van der Waals surface area contributed by atoms with E-state index in [9.17, 15) is 4.79 Å². The van der Waals surface area contributed by atoms with Crippen LogP contribution in [0.3, 0.4) is 0 Å². The smallest absolute Gasteiger partial charge is 0.185 e. The predicted molar refractivity (Wildman–Crippen MR) is 110 cm³/mol. The number of ketones is 1. The van der Waals surface area contributed by atoms with Crippen molar-refractivity contribution in [2.75, 3.05) is 51.4 Å². The highest BCUT2D eigenvalue weighted by molar-refractivity contribution is 7.15. The molecule has 28 heavy (non-hydrogen) atoms. The second-order valence-electron chi connectivity index (χ2n) is 7.35. The first kappa shape index (κ1) is 19.4. The van der Waals surface area contributed by atoms with Crippen LogP contribution in [0.5, 0.6) is 5.75 Å². The van der Waals surface area contributed by atoms with Crippen molar-refractivity contribution in [3.05, 3.63) is 40.9 Å². The maximum absolute atomic E-state index is 13.1. The SMILES string of the molecule is COc1ccccc1C(=O)[C@H]1CCCN(Cc2cnc(N3CCOCC3)s2)C1. The zero-order valence-corrected chi connectivity index (χ0v) is 17.1. The van der Waals surface area contributed by atoms with Crippen molar-refractivity contribution in [2.24, 2.45) is 5.92 Å². The molecular formula is C21H27N3O3S. The fraction of sp³-hybridized carbons (Fsp3) is 0.524. The Balaban J connectivity index is 1.39. The van der Waals surface area contributed by atoms with Crippen LogP contribution in [0.15, 0.2) is 30.5 Å². The lowest BCUT2D eigenvalue weighted by molar-refractivity contribution is 0.0809. The third kappa shape index (κ3) is 4.37. The number of carbonyl (C=O) groups excluding carboxylic acids is 1. The number of nitrogens with zero attached hydrogens (tertiary/aromatic N) is 3. The molecule has 150 valence electrons. The standard InChI is InChI=1S/C21H27N3O3S/c1-26-19-7-3-2-6-18(19)20(25)16-5-4-8-23(14-16)15-17-13-22-21(28-17)24-9-11-27-12-10-24/h2-3,6-7,13,16H,4-5,8-12,14-15H2,1H3/t16-/m0/s1. The fourth-order valence-corrected chi connectivity index (χ4v) is 4.98. The van der Waals surface area contributed by atoms with Gasteiger partial charge in [0, 0.05) is 43.2 Å². The van der Waals surface area contributed by atoms with Gasteiger partial charge in [0.25, 0.3) is 0 Å². The van der Waals surface area contributed by atoms with Crippen molar-refractivity contribution in [3.8, 4) is 5.75 Å². The number of ether oxygens (including phenoxy) is 2.